The van der Waals surface area contributed by atoms with E-state index < -0.39 is 0 Å². The number of aryl methyl sites for hydroxylation is 1. The maximum Gasteiger partial charge on any atom is 0.282 e. The van der Waals surface area contributed by atoms with Crippen LogP contribution in [0.3, 0.4) is 0 Å². The number of rotatable bonds is 8. The normalized spacial score (nSPS) is 12.3. The minimum Gasteiger partial charge on any atom is -0.489 e. The molecule has 0 bridgehead atoms. The molecule has 0 fully saturated rings. The van der Waals surface area contributed by atoms with Crippen LogP contribution in [0.15, 0.2) is 87.2 Å². The third kappa shape index (κ3) is 5.76. The lowest BCUT2D eigenvalue weighted by Gasteiger charge is -2.14. The second-order valence-corrected chi connectivity index (χ2v) is 11.2. The first-order valence-corrected chi connectivity index (χ1v) is 14.4. The van der Waals surface area contributed by atoms with Crippen LogP contribution in [0.2, 0.25) is 5.02 Å². The van der Waals surface area contributed by atoms with Gasteiger partial charge in [0.05, 0.1) is 17.1 Å². The molecule has 2 aromatic heterocycles. The lowest BCUT2D eigenvalue weighted by atomic mass is 10.1. The van der Waals surface area contributed by atoms with Crippen molar-refractivity contribution in [2.45, 2.75) is 46.6 Å². The highest BCUT2D eigenvalue weighted by molar-refractivity contribution is 9.10. The largest absolute Gasteiger partial charge is 0.489 e. The molecule has 0 aliphatic rings. The van der Waals surface area contributed by atoms with Crippen LogP contribution in [-0.2, 0) is 6.61 Å². The highest BCUT2D eigenvalue weighted by Gasteiger charge is 2.16. The molecular formula is C32H30BrClN4O2. The summed E-state index contributed by atoms with van der Waals surface area (Å²) in [5.41, 5.74) is 5.57. The van der Waals surface area contributed by atoms with E-state index >= 15 is 0 Å². The quantitative estimate of drug-likeness (QED) is 0.165. The molecule has 0 amide bonds. The Morgan fingerprint density at radius 2 is 1.77 bits per heavy atom. The van der Waals surface area contributed by atoms with Gasteiger partial charge in [-0.05, 0) is 86.5 Å². The van der Waals surface area contributed by atoms with E-state index in [0.29, 0.717) is 28.4 Å². The first kappa shape index (κ1) is 27.9. The molecule has 0 spiro atoms. The zero-order valence-electron chi connectivity index (χ0n) is 22.9. The van der Waals surface area contributed by atoms with Crippen molar-refractivity contribution >= 4 is 44.6 Å². The molecule has 2 heterocycles. The number of halogens is 2. The summed E-state index contributed by atoms with van der Waals surface area (Å²) in [4.78, 5) is 18.3. The summed E-state index contributed by atoms with van der Waals surface area (Å²) in [5.74, 6) is 1.52. The fraction of sp³-hybridized carbons (Fsp3) is 0.219. The van der Waals surface area contributed by atoms with Crippen molar-refractivity contribution in [3.63, 3.8) is 0 Å². The predicted octanol–water partition coefficient (Wildman–Crippen LogP) is 8.19. The fourth-order valence-corrected chi connectivity index (χ4v) is 5.14. The average Bonchev–Trinajstić information content (AvgIpc) is 3.24. The van der Waals surface area contributed by atoms with E-state index in [-0.39, 0.29) is 11.5 Å². The van der Waals surface area contributed by atoms with Crippen LogP contribution in [-0.4, -0.2) is 20.4 Å². The van der Waals surface area contributed by atoms with Gasteiger partial charge in [0, 0.05) is 38.1 Å². The van der Waals surface area contributed by atoms with Gasteiger partial charge in [-0.2, -0.15) is 9.78 Å². The highest BCUT2D eigenvalue weighted by atomic mass is 79.9. The summed E-state index contributed by atoms with van der Waals surface area (Å²) in [7, 11) is 0. The fourth-order valence-electron chi connectivity index (χ4n) is 4.65. The molecule has 8 heteroatoms. The molecule has 6 nitrogen and oxygen atoms in total. The molecule has 0 unspecified atom stereocenters. The van der Waals surface area contributed by atoms with Gasteiger partial charge in [0.25, 0.3) is 5.56 Å². The van der Waals surface area contributed by atoms with E-state index in [1.54, 1.807) is 12.3 Å². The summed E-state index contributed by atoms with van der Waals surface area (Å²) >= 11 is 9.44. The van der Waals surface area contributed by atoms with Crippen molar-refractivity contribution in [1.82, 2.24) is 14.2 Å². The van der Waals surface area contributed by atoms with Crippen molar-refractivity contribution in [2.75, 3.05) is 0 Å². The molecule has 0 N–H and O–H groups in total. The summed E-state index contributed by atoms with van der Waals surface area (Å²) in [6.45, 7) is 8.72. The number of aromatic nitrogens is 3. The Bertz CT molecular complexity index is 1760. The Morgan fingerprint density at radius 3 is 2.48 bits per heavy atom. The average molecular weight is 618 g/mol. The summed E-state index contributed by atoms with van der Waals surface area (Å²) in [5, 5.41) is 5.90. The van der Waals surface area contributed by atoms with E-state index in [4.69, 9.17) is 21.3 Å². The first-order chi connectivity index (χ1) is 19.2. The van der Waals surface area contributed by atoms with Crippen molar-refractivity contribution in [2.24, 2.45) is 5.10 Å². The minimum atomic E-state index is -0.180. The number of benzene rings is 3. The van der Waals surface area contributed by atoms with Gasteiger partial charge >= 0.3 is 0 Å². The van der Waals surface area contributed by atoms with Crippen LogP contribution in [0, 0.1) is 13.8 Å². The molecule has 40 heavy (non-hydrogen) atoms. The summed E-state index contributed by atoms with van der Waals surface area (Å²) < 4.78 is 10.4. The maximum absolute atomic E-state index is 13.5. The Hall–Kier alpha value is -3.68. The van der Waals surface area contributed by atoms with Crippen LogP contribution in [0.1, 0.15) is 54.5 Å². The van der Waals surface area contributed by atoms with Crippen LogP contribution in [0.5, 0.6) is 5.75 Å². The number of fused-ring (bicyclic) bond motifs is 1. The van der Waals surface area contributed by atoms with Gasteiger partial charge in [0.2, 0.25) is 0 Å². The van der Waals surface area contributed by atoms with E-state index in [2.05, 4.69) is 52.4 Å². The maximum atomic E-state index is 13.5. The molecule has 5 aromatic rings. The third-order valence-electron chi connectivity index (χ3n) is 7.08. The van der Waals surface area contributed by atoms with Gasteiger partial charge in [-0.3, -0.25) is 4.79 Å². The molecule has 204 valence electrons. The molecule has 0 radical (unpaired) electrons. The number of ether oxygens (including phenoxy) is 1. The standard InChI is InChI=1S/C32H30BrClN4O2/c1-5-20(2)31-36-30-15-8-25(33)17-29(30)32(39)38(31)35-18-24-16-21(3)37(22(24)4)27-11-13-28(14-12-27)40-19-23-6-9-26(34)10-7-23/h6-18,20H,5,19H2,1-4H3/t20-/m0/s1. The first-order valence-electron chi connectivity index (χ1n) is 13.2. The molecule has 5 rings (SSSR count). The van der Waals surface area contributed by atoms with Crippen molar-refractivity contribution in [3.8, 4) is 11.4 Å². The van der Waals surface area contributed by atoms with Crippen LogP contribution in [0.4, 0.5) is 0 Å². The van der Waals surface area contributed by atoms with E-state index in [0.717, 1.165) is 44.8 Å². The molecule has 1 atom stereocenters. The Labute approximate surface area is 247 Å². The molecule has 0 aliphatic heterocycles. The topological polar surface area (TPSA) is 61.4 Å². The van der Waals surface area contributed by atoms with Gasteiger partial charge in [0.1, 0.15) is 18.2 Å². The van der Waals surface area contributed by atoms with Crippen LogP contribution < -0.4 is 10.3 Å². The molecule has 3 aromatic carbocycles. The zero-order valence-corrected chi connectivity index (χ0v) is 25.2. The number of hydrogen-bond donors (Lipinski definition) is 0. The second kappa shape index (κ2) is 11.8. The lowest BCUT2D eigenvalue weighted by molar-refractivity contribution is 0.306. The Balaban J connectivity index is 1.43. The number of nitrogens with zero attached hydrogens (tertiary/aromatic N) is 4. The zero-order chi connectivity index (χ0) is 28.4. The van der Waals surface area contributed by atoms with Crippen molar-refractivity contribution in [1.29, 1.82) is 0 Å². The SMILES string of the molecule is CC[C@H](C)c1nc2ccc(Br)cc2c(=O)n1N=Cc1cc(C)n(-c2ccc(OCc3ccc(Cl)cc3)cc2)c1C. The van der Waals surface area contributed by atoms with E-state index in [9.17, 15) is 4.79 Å². The molecular weight excluding hydrogens is 588 g/mol. The monoisotopic (exact) mass is 616 g/mol. The van der Waals surface area contributed by atoms with Gasteiger partial charge in [0.15, 0.2) is 0 Å². The number of hydrogen-bond acceptors (Lipinski definition) is 4. The van der Waals surface area contributed by atoms with Crippen molar-refractivity contribution in [3.05, 3.63) is 121 Å². The van der Waals surface area contributed by atoms with Crippen LogP contribution >= 0.6 is 27.5 Å². The van der Waals surface area contributed by atoms with Gasteiger partial charge in [-0.25, -0.2) is 4.98 Å². The van der Waals surface area contributed by atoms with E-state index in [1.165, 1.54) is 4.68 Å². The third-order valence-corrected chi connectivity index (χ3v) is 7.83. The predicted molar refractivity (Wildman–Crippen MR) is 166 cm³/mol. The lowest BCUT2D eigenvalue weighted by Crippen LogP contribution is -2.23. The van der Waals surface area contributed by atoms with E-state index in [1.807, 2.05) is 67.6 Å². The molecule has 0 aliphatic carbocycles. The molecule has 0 saturated carbocycles. The highest BCUT2D eigenvalue weighted by Crippen LogP contribution is 2.24. The minimum absolute atomic E-state index is 0.0748. The van der Waals surface area contributed by atoms with Crippen molar-refractivity contribution < 1.29 is 4.74 Å². The van der Waals surface area contributed by atoms with Gasteiger partial charge in [-0.15, -0.1) is 0 Å². The Morgan fingerprint density at radius 1 is 1.05 bits per heavy atom. The summed E-state index contributed by atoms with van der Waals surface area (Å²) in [6, 6.07) is 23.3. The summed E-state index contributed by atoms with van der Waals surface area (Å²) in [6.07, 6.45) is 2.60. The second-order valence-electron chi connectivity index (χ2n) is 9.87. The van der Waals surface area contributed by atoms with Gasteiger partial charge in [-0.1, -0.05) is 53.5 Å². The Kier molecular flexibility index (Phi) is 8.24. The van der Waals surface area contributed by atoms with Gasteiger partial charge < -0.3 is 9.30 Å². The van der Waals surface area contributed by atoms with Crippen LogP contribution in [0.25, 0.3) is 16.6 Å². The smallest absolute Gasteiger partial charge is 0.282 e. The molecule has 0 saturated heterocycles.